The first kappa shape index (κ1) is 21.6. The van der Waals surface area contributed by atoms with E-state index in [1.54, 1.807) is 31.4 Å². The molecule has 2 N–H and O–H groups in total. The maximum atomic E-state index is 12.9. The van der Waals surface area contributed by atoms with Gasteiger partial charge in [-0.1, -0.05) is 23.8 Å². The van der Waals surface area contributed by atoms with E-state index in [9.17, 15) is 9.59 Å². The number of aryl methyl sites for hydroxylation is 2. The standard InChI is InChI=1S/C25H28N4O3/c1-16-4-9-21(17(2)14-16)22-15-23(28-27-22)25(31)29-12-10-19(11-13-29)26-24(30)18-5-7-20(32-3)8-6-18/h4-9,14-15,19H,10-13H2,1-3H3,(H,26,30)(H,27,28). The van der Waals surface area contributed by atoms with E-state index in [1.807, 2.05) is 30.0 Å². The van der Waals surface area contributed by atoms with Gasteiger partial charge in [-0.05, 0) is 62.6 Å². The number of amides is 2. The molecule has 2 aromatic carbocycles. The molecule has 0 radical (unpaired) electrons. The van der Waals surface area contributed by atoms with Gasteiger partial charge in [0.25, 0.3) is 11.8 Å². The molecule has 0 bridgehead atoms. The van der Waals surface area contributed by atoms with Gasteiger partial charge in [0.1, 0.15) is 11.4 Å². The van der Waals surface area contributed by atoms with Crippen LogP contribution in [0.4, 0.5) is 0 Å². The highest BCUT2D eigenvalue weighted by Gasteiger charge is 2.26. The molecule has 0 unspecified atom stereocenters. The van der Waals surface area contributed by atoms with Gasteiger partial charge in [-0.3, -0.25) is 14.7 Å². The average Bonchev–Trinajstić information content (AvgIpc) is 3.29. The Morgan fingerprint density at radius 1 is 1.06 bits per heavy atom. The maximum Gasteiger partial charge on any atom is 0.271 e. The van der Waals surface area contributed by atoms with Crippen LogP contribution in [0.3, 0.4) is 0 Å². The molecular weight excluding hydrogens is 404 g/mol. The minimum atomic E-state index is -0.107. The van der Waals surface area contributed by atoms with Crippen LogP contribution in [0.25, 0.3) is 11.3 Å². The lowest BCUT2D eigenvalue weighted by Gasteiger charge is -2.32. The molecule has 166 valence electrons. The predicted molar refractivity (Wildman–Crippen MR) is 123 cm³/mol. The molecule has 1 fully saturated rings. The van der Waals surface area contributed by atoms with E-state index in [-0.39, 0.29) is 17.9 Å². The molecule has 1 aliphatic rings. The summed E-state index contributed by atoms with van der Waals surface area (Å²) >= 11 is 0. The lowest BCUT2D eigenvalue weighted by Crippen LogP contribution is -2.46. The molecule has 0 saturated carbocycles. The Morgan fingerprint density at radius 2 is 1.78 bits per heavy atom. The number of benzene rings is 2. The van der Waals surface area contributed by atoms with Crippen molar-refractivity contribution in [3.8, 4) is 17.0 Å². The summed E-state index contributed by atoms with van der Waals surface area (Å²) in [5.41, 5.74) is 5.20. The van der Waals surface area contributed by atoms with Gasteiger partial charge in [0.05, 0.1) is 12.8 Å². The van der Waals surface area contributed by atoms with E-state index >= 15 is 0 Å². The quantitative estimate of drug-likeness (QED) is 0.643. The number of hydrogen-bond donors (Lipinski definition) is 2. The van der Waals surface area contributed by atoms with E-state index in [1.165, 1.54) is 5.56 Å². The van der Waals surface area contributed by atoms with E-state index in [0.29, 0.717) is 42.9 Å². The number of rotatable bonds is 5. The fraction of sp³-hybridized carbons (Fsp3) is 0.320. The number of hydrogen-bond acceptors (Lipinski definition) is 4. The van der Waals surface area contributed by atoms with Crippen LogP contribution in [0.15, 0.2) is 48.5 Å². The van der Waals surface area contributed by atoms with Crippen molar-refractivity contribution in [2.45, 2.75) is 32.7 Å². The second-order valence-corrected chi connectivity index (χ2v) is 8.25. The average molecular weight is 433 g/mol. The van der Waals surface area contributed by atoms with Gasteiger partial charge < -0.3 is 15.0 Å². The van der Waals surface area contributed by atoms with Gasteiger partial charge >= 0.3 is 0 Å². The molecule has 0 spiro atoms. The predicted octanol–water partition coefficient (Wildman–Crippen LogP) is 3.74. The van der Waals surface area contributed by atoms with Gasteiger partial charge in [0, 0.05) is 30.3 Å². The Morgan fingerprint density at radius 3 is 2.44 bits per heavy atom. The first-order valence-electron chi connectivity index (χ1n) is 10.8. The highest BCUT2D eigenvalue weighted by molar-refractivity contribution is 5.95. The number of aromatic nitrogens is 2. The fourth-order valence-corrected chi connectivity index (χ4v) is 4.08. The lowest BCUT2D eigenvalue weighted by molar-refractivity contribution is 0.0692. The van der Waals surface area contributed by atoms with Crippen LogP contribution in [0.5, 0.6) is 5.75 Å². The third kappa shape index (κ3) is 4.66. The second kappa shape index (κ2) is 9.26. The fourth-order valence-electron chi connectivity index (χ4n) is 4.08. The number of carbonyl (C=O) groups is 2. The van der Waals surface area contributed by atoms with Crippen LogP contribution in [0.2, 0.25) is 0 Å². The van der Waals surface area contributed by atoms with Crippen LogP contribution in [-0.4, -0.2) is 53.2 Å². The molecule has 3 aromatic rings. The van der Waals surface area contributed by atoms with Crippen LogP contribution in [0.1, 0.15) is 44.8 Å². The minimum absolute atomic E-state index is 0.0428. The highest BCUT2D eigenvalue weighted by Crippen LogP contribution is 2.24. The van der Waals surface area contributed by atoms with Crippen molar-refractivity contribution in [1.82, 2.24) is 20.4 Å². The summed E-state index contributed by atoms with van der Waals surface area (Å²) in [6.07, 6.45) is 1.43. The Labute approximate surface area is 187 Å². The molecule has 7 heteroatoms. The molecule has 1 aliphatic heterocycles. The van der Waals surface area contributed by atoms with Crippen molar-refractivity contribution in [1.29, 1.82) is 0 Å². The van der Waals surface area contributed by atoms with Crippen molar-refractivity contribution < 1.29 is 14.3 Å². The van der Waals surface area contributed by atoms with E-state index in [4.69, 9.17) is 4.74 Å². The lowest BCUT2D eigenvalue weighted by atomic mass is 10.0. The molecule has 4 rings (SSSR count). The molecule has 32 heavy (non-hydrogen) atoms. The topological polar surface area (TPSA) is 87.3 Å². The number of nitrogens with one attached hydrogen (secondary N) is 2. The van der Waals surface area contributed by atoms with Gasteiger partial charge in [-0.25, -0.2) is 0 Å². The summed E-state index contributed by atoms with van der Waals surface area (Å²) < 4.78 is 5.13. The third-order valence-electron chi connectivity index (χ3n) is 5.94. The van der Waals surface area contributed by atoms with Crippen molar-refractivity contribution in [3.05, 3.63) is 70.9 Å². The number of likely N-dealkylation sites (tertiary alicyclic amines) is 1. The van der Waals surface area contributed by atoms with Crippen LogP contribution in [-0.2, 0) is 0 Å². The molecule has 7 nitrogen and oxygen atoms in total. The normalized spacial score (nSPS) is 14.3. The largest absolute Gasteiger partial charge is 0.497 e. The Bertz CT molecular complexity index is 1110. The number of carbonyl (C=O) groups excluding carboxylic acids is 2. The number of nitrogens with zero attached hydrogens (tertiary/aromatic N) is 2. The first-order valence-corrected chi connectivity index (χ1v) is 10.8. The number of H-pyrrole nitrogens is 1. The maximum absolute atomic E-state index is 12.9. The zero-order valence-electron chi connectivity index (χ0n) is 18.6. The monoisotopic (exact) mass is 432 g/mol. The second-order valence-electron chi connectivity index (χ2n) is 8.25. The Balaban J connectivity index is 1.33. The number of aromatic amines is 1. The summed E-state index contributed by atoms with van der Waals surface area (Å²) in [4.78, 5) is 27.3. The summed E-state index contributed by atoms with van der Waals surface area (Å²) in [5.74, 6) is 0.547. The van der Waals surface area contributed by atoms with E-state index < -0.39 is 0 Å². The molecular formula is C25H28N4O3. The Hall–Kier alpha value is -3.61. The summed E-state index contributed by atoms with van der Waals surface area (Å²) in [5, 5.41) is 10.3. The molecule has 2 heterocycles. The molecule has 1 saturated heterocycles. The number of piperidine rings is 1. The van der Waals surface area contributed by atoms with Crippen molar-refractivity contribution in [2.75, 3.05) is 20.2 Å². The summed E-state index contributed by atoms with van der Waals surface area (Å²) in [6, 6.07) is 15.1. The van der Waals surface area contributed by atoms with Crippen LogP contribution in [0, 0.1) is 13.8 Å². The van der Waals surface area contributed by atoms with Gasteiger partial charge in [0.15, 0.2) is 0 Å². The molecule has 0 atom stereocenters. The number of ether oxygens (including phenoxy) is 1. The third-order valence-corrected chi connectivity index (χ3v) is 5.94. The van der Waals surface area contributed by atoms with Crippen LogP contribution >= 0.6 is 0 Å². The molecule has 0 aliphatic carbocycles. The first-order chi connectivity index (χ1) is 15.4. The highest BCUT2D eigenvalue weighted by atomic mass is 16.5. The van der Waals surface area contributed by atoms with Crippen molar-refractivity contribution in [2.24, 2.45) is 0 Å². The smallest absolute Gasteiger partial charge is 0.271 e. The van der Waals surface area contributed by atoms with Gasteiger partial charge in [-0.2, -0.15) is 5.10 Å². The summed E-state index contributed by atoms with van der Waals surface area (Å²) in [6.45, 7) is 5.28. The molecule has 1 aromatic heterocycles. The number of methoxy groups -OCH3 is 1. The zero-order chi connectivity index (χ0) is 22.7. The van der Waals surface area contributed by atoms with E-state index in [0.717, 1.165) is 16.8 Å². The van der Waals surface area contributed by atoms with Gasteiger partial charge in [-0.15, -0.1) is 0 Å². The van der Waals surface area contributed by atoms with E-state index in [2.05, 4.69) is 28.5 Å². The van der Waals surface area contributed by atoms with Crippen LogP contribution < -0.4 is 10.1 Å². The minimum Gasteiger partial charge on any atom is -0.497 e. The van der Waals surface area contributed by atoms with Gasteiger partial charge in [0.2, 0.25) is 0 Å². The summed E-state index contributed by atoms with van der Waals surface area (Å²) in [7, 11) is 1.60. The van der Waals surface area contributed by atoms with Crippen molar-refractivity contribution in [3.63, 3.8) is 0 Å². The molecule has 2 amide bonds. The Kier molecular flexibility index (Phi) is 6.25. The van der Waals surface area contributed by atoms with Crippen molar-refractivity contribution >= 4 is 11.8 Å². The SMILES string of the molecule is COc1ccc(C(=O)NC2CCN(C(=O)c3cc(-c4ccc(C)cc4C)n[nH]3)CC2)cc1. The zero-order valence-corrected chi connectivity index (χ0v) is 18.6.